The van der Waals surface area contributed by atoms with Crippen molar-refractivity contribution in [2.24, 2.45) is 5.10 Å². The molecule has 0 unspecified atom stereocenters. The SMILES string of the molecule is C=CCc1cc(C=Nn2c(-c3cc(C(C)C)c(OCC)cc3C)nc3ccccc3c2=O)cc(OCC)c1OC(C)=O. The quantitative estimate of drug-likeness (QED) is 0.0854. The lowest BCUT2D eigenvalue weighted by Crippen LogP contribution is -2.21. The first kappa shape index (κ1) is 30.2. The largest absolute Gasteiger partial charge is 0.494 e. The third-order valence-corrected chi connectivity index (χ3v) is 6.66. The zero-order chi connectivity index (χ0) is 30.4. The van der Waals surface area contributed by atoms with Crippen LogP contribution in [-0.2, 0) is 11.2 Å². The van der Waals surface area contributed by atoms with Crippen molar-refractivity contribution in [1.29, 1.82) is 0 Å². The fourth-order valence-corrected chi connectivity index (χ4v) is 4.79. The standard InChI is InChI=1S/C34H37N3O5/c1-8-13-25-17-24(18-31(41-10-3)32(25)42-23(7)38)20-35-37-33(36-29-15-12-11-14-26(29)34(37)39)28-19-27(21(4)5)30(40-9-2)16-22(28)6/h8,11-12,14-21H,1,9-10,13H2,2-7H3. The summed E-state index contributed by atoms with van der Waals surface area (Å²) in [5.41, 5.74) is 4.37. The maximum atomic E-state index is 13.8. The molecule has 0 amide bonds. The molecule has 0 bridgehead atoms. The minimum absolute atomic E-state index is 0.186. The molecule has 4 aromatic rings. The number of para-hydroxylation sites is 1. The second-order valence-corrected chi connectivity index (χ2v) is 10.1. The molecule has 8 nitrogen and oxygen atoms in total. The fourth-order valence-electron chi connectivity index (χ4n) is 4.79. The maximum Gasteiger partial charge on any atom is 0.308 e. The van der Waals surface area contributed by atoms with Gasteiger partial charge in [0.2, 0.25) is 0 Å². The number of carbonyl (C=O) groups is 1. The molecule has 8 heteroatoms. The van der Waals surface area contributed by atoms with Gasteiger partial charge < -0.3 is 14.2 Å². The average Bonchev–Trinajstić information content (AvgIpc) is 2.94. The van der Waals surface area contributed by atoms with Crippen LogP contribution in [0.1, 0.15) is 62.8 Å². The molecule has 218 valence electrons. The van der Waals surface area contributed by atoms with Gasteiger partial charge in [0.1, 0.15) is 5.75 Å². The molecular weight excluding hydrogens is 530 g/mol. The van der Waals surface area contributed by atoms with E-state index in [9.17, 15) is 9.59 Å². The van der Waals surface area contributed by atoms with E-state index in [1.54, 1.807) is 24.4 Å². The topological polar surface area (TPSA) is 92.0 Å². The lowest BCUT2D eigenvalue weighted by Gasteiger charge is -2.18. The lowest BCUT2D eigenvalue weighted by atomic mass is 9.96. The van der Waals surface area contributed by atoms with Crippen molar-refractivity contribution in [1.82, 2.24) is 9.66 Å². The van der Waals surface area contributed by atoms with Crippen molar-refractivity contribution in [2.75, 3.05) is 13.2 Å². The first-order valence-corrected chi connectivity index (χ1v) is 14.1. The van der Waals surface area contributed by atoms with Crippen LogP contribution in [0.5, 0.6) is 17.2 Å². The number of hydrogen-bond donors (Lipinski definition) is 0. The van der Waals surface area contributed by atoms with E-state index in [0.717, 1.165) is 22.4 Å². The van der Waals surface area contributed by atoms with Crippen molar-refractivity contribution in [3.8, 4) is 28.6 Å². The molecule has 1 heterocycles. The zero-order valence-electron chi connectivity index (χ0n) is 25.1. The van der Waals surface area contributed by atoms with Gasteiger partial charge in [-0.1, -0.05) is 32.1 Å². The number of fused-ring (bicyclic) bond motifs is 1. The number of carbonyl (C=O) groups excluding carboxylic acids is 1. The highest BCUT2D eigenvalue weighted by Crippen LogP contribution is 2.35. The Morgan fingerprint density at radius 1 is 1.07 bits per heavy atom. The smallest absolute Gasteiger partial charge is 0.308 e. The van der Waals surface area contributed by atoms with E-state index in [-0.39, 0.29) is 11.5 Å². The molecule has 0 N–H and O–H groups in total. The van der Waals surface area contributed by atoms with Gasteiger partial charge in [-0.2, -0.15) is 9.78 Å². The molecule has 0 aliphatic carbocycles. The molecule has 1 aromatic heterocycles. The van der Waals surface area contributed by atoms with Gasteiger partial charge in [-0.25, -0.2) is 4.98 Å². The Hall–Kier alpha value is -4.72. The Labute approximate surface area is 246 Å². The molecule has 0 saturated heterocycles. The van der Waals surface area contributed by atoms with Crippen LogP contribution in [0.3, 0.4) is 0 Å². The van der Waals surface area contributed by atoms with Gasteiger partial charge in [-0.05, 0) is 86.2 Å². The molecule has 0 spiro atoms. The highest BCUT2D eigenvalue weighted by Gasteiger charge is 2.19. The van der Waals surface area contributed by atoms with Gasteiger partial charge in [-0.15, -0.1) is 6.58 Å². The molecule has 3 aromatic carbocycles. The number of benzene rings is 3. The summed E-state index contributed by atoms with van der Waals surface area (Å²) < 4.78 is 18.6. The normalized spacial score (nSPS) is 11.3. The number of nitrogens with zero attached hydrogens (tertiary/aromatic N) is 3. The molecular formula is C34H37N3O5. The van der Waals surface area contributed by atoms with Crippen molar-refractivity contribution >= 4 is 23.1 Å². The van der Waals surface area contributed by atoms with Crippen LogP contribution in [0, 0.1) is 6.92 Å². The monoisotopic (exact) mass is 567 g/mol. The van der Waals surface area contributed by atoms with Crippen molar-refractivity contribution < 1.29 is 19.0 Å². The summed E-state index contributed by atoms with van der Waals surface area (Å²) in [6, 6.07) is 14.8. The van der Waals surface area contributed by atoms with Crippen LogP contribution in [0.25, 0.3) is 22.3 Å². The number of hydrogen-bond acceptors (Lipinski definition) is 7. The summed E-state index contributed by atoms with van der Waals surface area (Å²) in [7, 11) is 0. The first-order valence-electron chi connectivity index (χ1n) is 14.1. The molecule has 0 aliphatic heterocycles. The number of esters is 1. The zero-order valence-corrected chi connectivity index (χ0v) is 25.1. The molecule has 42 heavy (non-hydrogen) atoms. The predicted molar refractivity (Wildman–Crippen MR) is 167 cm³/mol. The highest BCUT2D eigenvalue weighted by atomic mass is 16.6. The minimum Gasteiger partial charge on any atom is -0.494 e. The van der Waals surface area contributed by atoms with Gasteiger partial charge in [0.05, 0.1) is 30.3 Å². The van der Waals surface area contributed by atoms with Crippen LogP contribution >= 0.6 is 0 Å². The van der Waals surface area contributed by atoms with E-state index in [1.807, 2.05) is 57.2 Å². The average molecular weight is 568 g/mol. The van der Waals surface area contributed by atoms with Gasteiger partial charge in [0.15, 0.2) is 17.3 Å². The molecule has 0 radical (unpaired) electrons. The van der Waals surface area contributed by atoms with Crippen LogP contribution < -0.4 is 19.8 Å². The van der Waals surface area contributed by atoms with E-state index in [2.05, 4.69) is 25.5 Å². The molecule has 0 fully saturated rings. The minimum atomic E-state index is -0.451. The maximum absolute atomic E-state index is 13.8. The Kier molecular flexibility index (Phi) is 9.57. The van der Waals surface area contributed by atoms with Gasteiger partial charge in [0.25, 0.3) is 5.56 Å². The number of rotatable bonds is 11. The summed E-state index contributed by atoms with van der Waals surface area (Å²) >= 11 is 0. The van der Waals surface area contributed by atoms with Crippen LogP contribution in [-0.4, -0.2) is 35.1 Å². The van der Waals surface area contributed by atoms with E-state index in [1.165, 1.54) is 11.6 Å². The third-order valence-electron chi connectivity index (χ3n) is 6.66. The van der Waals surface area contributed by atoms with Crippen molar-refractivity contribution in [2.45, 2.75) is 53.9 Å². The van der Waals surface area contributed by atoms with Gasteiger partial charge >= 0.3 is 5.97 Å². The van der Waals surface area contributed by atoms with E-state index in [4.69, 9.17) is 19.2 Å². The molecule has 0 aliphatic rings. The van der Waals surface area contributed by atoms with Crippen LogP contribution in [0.4, 0.5) is 0 Å². The summed E-state index contributed by atoms with van der Waals surface area (Å²) in [5, 5.41) is 5.12. The molecule has 0 atom stereocenters. The third kappa shape index (κ3) is 6.43. The number of ether oxygens (including phenoxy) is 3. The van der Waals surface area contributed by atoms with Crippen molar-refractivity contribution in [3.63, 3.8) is 0 Å². The number of aromatic nitrogens is 2. The second-order valence-electron chi connectivity index (χ2n) is 10.1. The van der Waals surface area contributed by atoms with Gasteiger partial charge in [0, 0.05) is 18.1 Å². The Balaban J connectivity index is 1.95. The van der Waals surface area contributed by atoms with E-state index < -0.39 is 5.97 Å². The van der Waals surface area contributed by atoms with Crippen molar-refractivity contribution in [3.05, 3.63) is 93.8 Å². The number of aryl methyl sites for hydroxylation is 1. The predicted octanol–water partition coefficient (Wildman–Crippen LogP) is 6.83. The van der Waals surface area contributed by atoms with E-state index >= 15 is 0 Å². The second kappa shape index (κ2) is 13.3. The first-order chi connectivity index (χ1) is 20.2. The number of allylic oxidation sites excluding steroid dienone is 1. The summed E-state index contributed by atoms with van der Waals surface area (Å²) in [4.78, 5) is 30.6. The Morgan fingerprint density at radius 3 is 2.45 bits per heavy atom. The highest BCUT2D eigenvalue weighted by molar-refractivity contribution is 5.84. The molecule has 4 rings (SSSR count). The molecule has 0 saturated carbocycles. The summed E-state index contributed by atoms with van der Waals surface area (Å²) in [5.74, 6) is 1.72. The lowest BCUT2D eigenvalue weighted by molar-refractivity contribution is -0.132. The Morgan fingerprint density at radius 2 is 1.79 bits per heavy atom. The summed E-state index contributed by atoms with van der Waals surface area (Å²) in [6.45, 7) is 16.1. The summed E-state index contributed by atoms with van der Waals surface area (Å²) in [6.07, 6.45) is 3.74. The fraction of sp³-hybridized carbons (Fsp3) is 0.294. The van der Waals surface area contributed by atoms with E-state index in [0.29, 0.717) is 59.0 Å². The van der Waals surface area contributed by atoms with Gasteiger partial charge in [-0.3, -0.25) is 9.59 Å². The Bertz CT molecular complexity index is 1720. The van der Waals surface area contributed by atoms with Crippen LogP contribution in [0.15, 0.2) is 71.1 Å². The van der Waals surface area contributed by atoms with Crippen LogP contribution in [0.2, 0.25) is 0 Å².